The van der Waals surface area contributed by atoms with Crippen molar-refractivity contribution in [3.05, 3.63) is 112 Å². The van der Waals surface area contributed by atoms with Crippen molar-refractivity contribution in [2.75, 3.05) is 17.7 Å². The van der Waals surface area contributed by atoms with E-state index in [2.05, 4.69) is 22.0 Å². The van der Waals surface area contributed by atoms with E-state index in [1.165, 1.54) is 35.1 Å². The monoisotopic (exact) mass is 636 g/mol. The minimum absolute atomic E-state index is 0.0334. The van der Waals surface area contributed by atoms with Gasteiger partial charge in [-0.15, -0.1) is 23.1 Å². The molecule has 0 radical (unpaired) electrons. The van der Waals surface area contributed by atoms with Crippen LogP contribution in [0.25, 0.3) is 6.08 Å². The first kappa shape index (κ1) is 31.6. The average Bonchev–Trinajstić information content (AvgIpc) is 3.41. The Morgan fingerprint density at radius 1 is 0.978 bits per heavy atom. The molecule has 1 aliphatic rings. The standard InChI is InChI=1S/C35H32N4O4S2/c1-22(32(40)39-35-28(21-36)27-16-7-9-18-31(27)45-35)44-26-15-10-14-25(20-26)37-34(42)29(19-24-13-6-8-17-30(24)43-2)38-33(41)23-11-4-3-5-12-23/h3-6,8,10-15,17,19-20,22H,7,9,16,18H2,1-2H3,(H,37,42)(H,38,41)(H,39,40)/b29-19+. The molecule has 1 atom stereocenters. The van der Waals surface area contributed by atoms with E-state index >= 15 is 0 Å². The second-order valence-corrected chi connectivity index (χ2v) is 12.9. The van der Waals surface area contributed by atoms with Crippen molar-refractivity contribution < 1.29 is 19.1 Å². The fraction of sp³-hybridized carbons (Fsp3) is 0.200. The molecule has 45 heavy (non-hydrogen) atoms. The number of amides is 3. The molecule has 3 amide bonds. The quantitative estimate of drug-likeness (QED) is 0.127. The first-order valence-electron chi connectivity index (χ1n) is 14.5. The number of aryl methyl sites for hydroxylation is 1. The third kappa shape index (κ3) is 7.81. The van der Waals surface area contributed by atoms with Gasteiger partial charge in [0.15, 0.2) is 0 Å². The zero-order valence-electron chi connectivity index (χ0n) is 24.9. The summed E-state index contributed by atoms with van der Waals surface area (Å²) in [6, 6.07) is 25.3. The van der Waals surface area contributed by atoms with Crippen LogP contribution in [0.5, 0.6) is 5.75 Å². The molecule has 3 N–H and O–H groups in total. The summed E-state index contributed by atoms with van der Waals surface area (Å²) in [6.07, 6.45) is 5.54. The zero-order chi connectivity index (χ0) is 31.8. The number of ether oxygens (including phenoxy) is 1. The van der Waals surface area contributed by atoms with Crippen molar-refractivity contribution >= 4 is 57.6 Å². The molecule has 5 rings (SSSR count). The lowest BCUT2D eigenvalue weighted by atomic mass is 9.96. The largest absolute Gasteiger partial charge is 0.496 e. The molecule has 0 fully saturated rings. The van der Waals surface area contributed by atoms with Gasteiger partial charge in [-0.25, -0.2) is 0 Å². The molecule has 1 heterocycles. The molecule has 1 aliphatic carbocycles. The van der Waals surface area contributed by atoms with E-state index in [0.717, 1.165) is 36.1 Å². The van der Waals surface area contributed by atoms with E-state index in [1.54, 1.807) is 67.6 Å². The summed E-state index contributed by atoms with van der Waals surface area (Å²) < 4.78 is 5.44. The second-order valence-electron chi connectivity index (χ2n) is 10.4. The summed E-state index contributed by atoms with van der Waals surface area (Å²) in [5.41, 5.74) is 3.22. The number of para-hydroxylation sites is 1. The van der Waals surface area contributed by atoms with Gasteiger partial charge in [-0.3, -0.25) is 14.4 Å². The Labute approximate surface area is 270 Å². The summed E-state index contributed by atoms with van der Waals surface area (Å²) in [6.45, 7) is 1.80. The normalized spacial score (nSPS) is 13.1. The molecule has 1 aromatic heterocycles. The molecular formula is C35H32N4O4S2. The first-order chi connectivity index (χ1) is 21.9. The number of carbonyl (C=O) groups is 3. The van der Waals surface area contributed by atoms with Gasteiger partial charge in [0.25, 0.3) is 11.8 Å². The smallest absolute Gasteiger partial charge is 0.272 e. The molecule has 0 saturated carbocycles. The Bertz CT molecular complexity index is 1790. The number of hydrogen-bond acceptors (Lipinski definition) is 7. The van der Waals surface area contributed by atoms with Crippen molar-refractivity contribution in [3.8, 4) is 11.8 Å². The highest BCUT2D eigenvalue weighted by atomic mass is 32.2. The number of benzene rings is 3. The van der Waals surface area contributed by atoms with E-state index in [-0.39, 0.29) is 11.6 Å². The van der Waals surface area contributed by atoms with Crippen LogP contribution < -0.4 is 20.7 Å². The fourth-order valence-electron chi connectivity index (χ4n) is 4.97. The number of anilines is 2. The van der Waals surface area contributed by atoms with Gasteiger partial charge in [-0.05, 0) is 80.6 Å². The molecule has 228 valence electrons. The number of methoxy groups -OCH3 is 1. The highest BCUT2D eigenvalue weighted by molar-refractivity contribution is 8.00. The molecule has 8 nitrogen and oxygen atoms in total. The van der Waals surface area contributed by atoms with E-state index < -0.39 is 17.1 Å². The zero-order valence-corrected chi connectivity index (χ0v) is 26.5. The Morgan fingerprint density at radius 3 is 2.51 bits per heavy atom. The number of thioether (sulfide) groups is 1. The maximum atomic E-state index is 13.5. The van der Waals surface area contributed by atoms with Crippen LogP contribution >= 0.6 is 23.1 Å². The van der Waals surface area contributed by atoms with Crippen LogP contribution in [0.4, 0.5) is 10.7 Å². The van der Waals surface area contributed by atoms with Crippen molar-refractivity contribution in [3.63, 3.8) is 0 Å². The van der Waals surface area contributed by atoms with Crippen molar-refractivity contribution in [1.82, 2.24) is 5.32 Å². The second kappa shape index (κ2) is 14.8. The van der Waals surface area contributed by atoms with Crippen LogP contribution in [0.3, 0.4) is 0 Å². The summed E-state index contributed by atoms with van der Waals surface area (Å²) in [5.74, 6) is -0.603. The number of nitrogens with one attached hydrogen (secondary N) is 3. The third-order valence-corrected chi connectivity index (χ3v) is 9.56. The minimum Gasteiger partial charge on any atom is -0.496 e. The number of nitriles is 1. The maximum absolute atomic E-state index is 13.5. The lowest BCUT2D eigenvalue weighted by Gasteiger charge is -2.14. The van der Waals surface area contributed by atoms with E-state index in [4.69, 9.17) is 4.74 Å². The Balaban J connectivity index is 1.30. The van der Waals surface area contributed by atoms with Gasteiger partial charge in [-0.1, -0.05) is 42.5 Å². The molecule has 4 aromatic rings. The first-order valence-corrected chi connectivity index (χ1v) is 16.2. The Morgan fingerprint density at radius 2 is 1.73 bits per heavy atom. The highest BCUT2D eigenvalue weighted by Gasteiger charge is 2.24. The van der Waals surface area contributed by atoms with Crippen LogP contribution in [0.2, 0.25) is 0 Å². The van der Waals surface area contributed by atoms with Crippen LogP contribution in [0.1, 0.15) is 51.7 Å². The fourth-order valence-corrected chi connectivity index (χ4v) is 7.14. The van der Waals surface area contributed by atoms with Gasteiger partial charge >= 0.3 is 0 Å². The summed E-state index contributed by atoms with van der Waals surface area (Å²) >= 11 is 2.84. The van der Waals surface area contributed by atoms with Crippen molar-refractivity contribution in [1.29, 1.82) is 5.26 Å². The van der Waals surface area contributed by atoms with E-state index in [1.807, 2.05) is 24.3 Å². The highest BCUT2D eigenvalue weighted by Crippen LogP contribution is 2.38. The maximum Gasteiger partial charge on any atom is 0.272 e. The average molecular weight is 637 g/mol. The molecule has 0 aliphatic heterocycles. The topological polar surface area (TPSA) is 120 Å². The van der Waals surface area contributed by atoms with Gasteiger partial charge < -0.3 is 20.7 Å². The van der Waals surface area contributed by atoms with Crippen molar-refractivity contribution in [2.45, 2.75) is 42.8 Å². The van der Waals surface area contributed by atoms with Gasteiger partial charge in [0, 0.05) is 26.6 Å². The predicted molar refractivity (Wildman–Crippen MR) is 180 cm³/mol. The molecule has 3 aromatic carbocycles. The summed E-state index contributed by atoms with van der Waals surface area (Å²) in [7, 11) is 1.54. The SMILES string of the molecule is COc1ccccc1/C=C(/NC(=O)c1ccccc1)C(=O)Nc1cccc(SC(C)C(=O)Nc2sc3c(c2C#N)CCCC3)c1. The van der Waals surface area contributed by atoms with Gasteiger partial charge in [-0.2, -0.15) is 5.26 Å². The molecule has 1 unspecified atom stereocenters. The van der Waals surface area contributed by atoms with Crippen LogP contribution in [0, 0.1) is 11.3 Å². The molecule has 0 spiro atoms. The number of rotatable bonds is 10. The third-order valence-electron chi connectivity index (χ3n) is 7.26. The minimum atomic E-state index is -0.524. The number of fused-ring (bicyclic) bond motifs is 1. The Kier molecular flexibility index (Phi) is 10.3. The van der Waals surface area contributed by atoms with Gasteiger partial charge in [0.05, 0.1) is 17.9 Å². The molecular weight excluding hydrogens is 605 g/mol. The van der Waals surface area contributed by atoms with Gasteiger partial charge in [0.2, 0.25) is 5.91 Å². The number of hydrogen-bond donors (Lipinski definition) is 3. The summed E-state index contributed by atoms with van der Waals surface area (Å²) in [5, 5.41) is 18.5. The predicted octanol–water partition coefficient (Wildman–Crippen LogP) is 7.04. The Hall–Kier alpha value is -4.85. The lowest BCUT2D eigenvalue weighted by molar-refractivity contribution is -0.115. The van der Waals surface area contributed by atoms with E-state index in [0.29, 0.717) is 33.1 Å². The van der Waals surface area contributed by atoms with Crippen LogP contribution in [0.15, 0.2) is 89.5 Å². The summed E-state index contributed by atoms with van der Waals surface area (Å²) in [4.78, 5) is 41.6. The number of carbonyl (C=O) groups excluding carboxylic acids is 3. The van der Waals surface area contributed by atoms with Crippen molar-refractivity contribution in [2.24, 2.45) is 0 Å². The van der Waals surface area contributed by atoms with E-state index in [9.17, 15) is 19.6 Å². The van der Waals surface area contributed by atoms with Gasteiger partial charge in [0.1, 0.15) is 22.5 Å². The van der Waals surface area contributed by atoms with Crippen LogP contribution in [-0.4, -0.2) is 30.1 Å². The lowest BCUT2D eigenvalue weighted by Crippen LogP contribution is -2.30. The molecule has 0 bridgehead atoms. The number of thiophene rings is 1. The molecule has 0 saturated heterocycles. The number of nitrogens with zero attached hydrogens (tertiary/aromatic N) is 1. The molecule has 10 heteroatoms. The van der Waals surface area contributed by atoms with Crippen LogP contribution in [-0.2, 0) is 22.4 Å².